The average molecular weight is 462 g/mol. The molecule has 0 spiro atoms. The largest absolute Gasteiger partial charge is 0.455 e. The summed E-state index contributed by atoms with van der Waals surface area (Å²) in [5.41, 5.74) is 10.1. The number of fused-ring (bicyclic) bond motifs is 1. The van der Waals surface area contributed by atoms with Crippen LogP contribution in [0.25, 0.3) is 0 Å². The smallest absolute Gasteiger partial charge is 0.305 e. The molecule has 34 heavy (non-hydrogen) atoms. The van der Waals surface area contributed by atoms with Crippen molar-refractivity contribution in [3.05, 3.63) is 93.7 Å². The van der Waals surface area contributed by atoms with E-state index in [1.54, 1.807) is 25.1 Å². The van der Waals surface area contributed by atoms with Gasteiger partial charge in [-0.2, -0.15) is 5.10 Å². The second-order valence-corrected chi connectivity index (χ2v) is 7.96. The predicted octanol–water partition coefficient (Wildman–Crippen LogP) is 3.58. The number of hydrogen-bond acceptors (Lipinski definition) is 5. The van der Waals surface area contributed by atoms with Gasteiger partial charge in [-0.15, -0.1) is 0 Å². The lowest BCUT2D eigenvalue weighted by atomic mass is 9.93. The first-order valence-electron chi connectivity index (χ1n) is 10.8. The first-order chi connectivity index (χ1) is 16.3. The molecule has 0 unspecified atom stereocenters. The molecule has 0 saturated carbocycles. The van der Waals surface area contributed by atoms with E-state index >= 15 is 0 Å². The molecule has 1 aromatic heterocycles. The molecule has 0 radical (unpaired) electrons. The van der Waals surface area contributed by atoms with E-state index in [0.29, 0.717) is 41.0 Å². The number of aryl methyl sites for hydroxylation is 2. The molecular weight excluding hydrogens is 439 g/mol. The van der Waals surface area contributed by atoms with Gasteiger partial charge in [0, 0.05) is 23.1 Å². The summed E-state index contributed by atoms with van der Waals surface area (Å²) in [6.45, 7) is 3.61. The summed E-state index contributed by atoms with van der Waals surface area (Å²) in [4.78, 5) is 37.3. The lowest BCUT2D eigenvalue weighted by molar-refractivity contribution is 0.0827. The summed E-state index contributed by atoms with van der Waals surface area (Å²) in [7, 11) is 0. The van der Waals surface area contributed by atoms with Crippen LogP contribution in [0, 0.1) is 19.7 Å². The van der Waals surface area contributed by atoms with E-state index in [1.807, 2.05) is 13.0 Å². The normalized spacial score (nSPS) is 13.8. The van der Waals surface area contributed by atoms with Gasteiger partial charge in [-0.1, -0.05) is 29.8 Å². The Morgan fingerprint density at radius 2 is 1.71 bits per heavy atom. The van der Waals surface area contributed by atoms with Crippen LogP contribution >= 0.6 is 0 Å². The summed E-state index contributed by atoms with van der Waals surface area (Å²) >= 11 is 0. The highest BCUT2D eigenvalue weighted by atomic mass is 19.1. The van der Waals surface area contributed by atoms with Crippen molar-refractivity contribution < 1.29 is 23.2 Å². The number of hydrogen-bond donors (Lipinski definition) is 3. The third-order valence-electron chi connectivity index (χ3n) is 5.51. The van der Waals surface area contributed by atoms with Crippen LogP contribution in [0.3, 0.4) is 0 Å². The molecule has 3 N–H and O–H groups in total. The van der Waals surface area contributed by atoms with Gasteiger partial charge in [0.05, 0.1) is 11.3 Å². The van der Waals surface area contributed by atoms with Crippen LogP contribution in [0.2, 0.25) is 0 Å². The number of nitrogens with zero attached hydrogens (tertiary/aromatic N) is 1. The van der Waals surface area contributed by atoms with Crippen molar-refractivity contribution in [2.24, 2.45) is 5.10 Å². The molecule has 0 saturated heterocycles. The van der Waals surface area contributed by atoms with Crippen LogP contribution in [-0.4, -0.2) is 23.4 Å². The number of hydrazone groups is 1. The van der Waals surface area contributed by atoms with Crippen molar-refractivity contribution in [1.82, 2.24) is 16.3 Å². The average Bonchev–Trinajstić information content (AvgIpc) is 3.18. The lowest BCUT2D eigenvalue weighted by Crippen LogP contribution is -2.42. The van der Waals surface area contributed by atoms with Gasteiger partial charge in [0.25, 0.3) is 11.8 Å². The van der Waals surface area contributed by atoms with Crippen LogP contribution in [0.4, 0.5) is 4.39 Å². The molecule has 174 valence electrons. The Morgan fingerprint density at radius 1 is 0.941 bits per heavy atom. The Labute approximate surface area is 195 Å². The Balaban J connectivity index is 1.49. The van der Waals surface area contributed by atoms with Gasteiger partial charge in [0.15, 0.2) is 5.76 Å². The zero-order chi connectivity index (χ0) is 24.2. The highest BCUT2D eigenvalue weighted by Crippen LogP contribution is 2.29. The zero-order valence-electron chi connectivity index (χ0n) is 18.7. The topological polar surface area (TPSA) is 113 Å². The fourth-order valence-electron chi connectivity index (χ4n) is 3.85. The number of rotatable bonds is 4. The molecular formula is C25H23FN4O4. The molecule has 0 fully saturated rings. The predicted molar refractivity (Wildman–Crippen MR) is 123 cm³/mol. The highest BCUT2D eigenvalue weighted by molar-refractivity contribution is 6.07. The van der Waals surface area contributed by atoms with Crippen LogP contribution < -0.4 is 16.3 Å². The molecule has 1 aliphatic carbocycles. The van der Waals surface area contributed by atoms with Gasteiger partial charge in [0.1, 0.15) is 11.6 Å². The molecule has 4 rings (SSSR count). The van der Waals surface area contributed by atoms with E-state index in [2.05, 4.69) is 21.4 Å². The van der Waals surface area contributed by atoms with E-state index in [0.717, 1.165) is 18.1 Å². The number of halogens is 1. The quantitative estimate of drug-likeness (QED) is 0.515. The minimum absolute atomic E-state index is 0.0124. The van der Waals surface area contributed by atoms with E-state index in [4.69, 9.17) is 4.42 Å². The van der Waals surface area contributed by atoms with Crippen molar-refractivity contribution in [1.29, 1.82) is 0 Å². The summed E-state index contributed by atoms with van der Waals surface area (Å²) in [5, 5.41) is 4.30. The van der Waals surface area contributed by atoms with Crippen molar-refractivity contribution in [2.75, 3.05) is 0 Å². The number of amides is 3. The van der Waals surface area contributed by atoms with E-state index in [9.17, 15) is 18.8 Å². The summed E-state index contributed by atoms with van der Waals surface area (Å²) in [6, 6.07) is 12.6. The third kappa shape index (κ3) is 4.73. The fourth-order valence-corrected chi connectivity index (χ4v) is 3.85. The van der Waals surface area contributed by atoms with Crippen molar-refractivity contribution in [3.63, 3.8) is 0 Å². The molecule has 1 heterocycles. The number of hydrazine groups is 1. The van der Waals surface area contributed by atoms with Gasteiger partial charge < -0.3 is 4.42 Å². The van der Waals surface area contributed by atoms with Gasteiger partial charge in [0.2, 0.25) is 0 Å². The van der Waals surface area contributed by atoms with E-state index in [-0.39, 0.29) is 17.2 Å². The molecule has 8 nitrogen and oxygen atoms in total. The molecule has 0 atom stereocenters. The molecule has 3 amide bonds. The zero-order valence-corrected chi connectivity index (χ0v) is 18.7. The summed E-state index contributed by atoms with van der Waals surface area (Å²) in [6.07, 6.45) is 1.95. The van der Waals surface area contributed by atoms with E-state index < -0.39 is 17.6 Å². The lowest BCUT2D eigenvalue weighted by Gasteiger charge is -2.13. The van der Waals surface area contributed by atoms with Gasteiger partial charge in [-0.05, 0) is 51.0 Å². The maximum absolute atomic E-state index is 13.8. The second-order valence-electron chi connectivity index (χ2n) is 7.96. The molecule has 1 aliphatic rings. The molecule has 3 aromatic rings. The van der Waals surface area contributed by atoms with Crippen molar-refractivity contribution in [3.8, 4) is 0 Å². The van der Waals surface area contributed by atoms with E-state index in [1.165, 1.54) is 18.2 Å². The maximum Gasteiger partial charge on any atom is 0.305 e. The van der Waals surface area contributed by atoms with Crippen LogP contribution in [0.1, 0.15) is 66.6 Å². The van der Waals surface area contributed by atoms with Crippen LogP contribution in [-0.2, 0) is 6.42 Å². The Hall–Kier alpha value is -4.27. The SMILES string of the molecule is Cc1cccc(C(=O)N/N=C2\CCCc3oc(C(=O)NNC(=O)c4ccccc4F)c(C)c32)c1. The van der Waals surface area contributed by atoms with Crippen molar-refractivity contribution in [2.45, 2.75) is 33.1 Å². The monoisotopic (exact) mass is 462 g/mol. The minimum atomic E-state index is -0.790. The minimum Gasteiger partial charge on any atom is -0.455 e. The highest BCUT2D eigenvalue weighted by Gasteiger charge is 2.28. The number of nitrogens with one attached hydrogen (secondary N) is 3. The summed E-state index contributed by atoms with van der Waals surface area (Å²) in [5.74, 6) is -1.91. The number of carbonyl (C=O) groups excluding carboxylic acids is 3. The molecule has 0 aliphatic heterocycles. The Kier molecular flexibility index (Phi) is 6.53. The van der Waals surface area contributed by atoms with Crippen LogP contribution in [0.5, 0.6) is 0 Å². The van der Waals surface area contributed by atoms with Gasteiger partial charge in [-0.3, -0.25) is 25.2 Å². The van der Waals surface area contributed by atoms with Gasteiger partial charge >= 0.3 is 5.91 Å². The fraction of sp³-hybridized carbons (Fsp3) is 0.200. The van der Waals surface area contributed by atoms with Crippen LogP contribution in [0.15, 0.2) is 58.0 Å². The van der Waals surface area contributed by atoms with Gasteiger partial charge in [-0.25, -0.2) is 9.82 Å². The second kappa shape index (κ2) is 9.70. The maximum atomic E-state index is 13.8. The number of furan rings is 1. The standard InChI is InChI=1S/C25H23FN4O4/c1-14-7-5-8-16(13-14)23(31)28-27-19-11-6-12-20-21(19)15(2)22(34-20)25(33)30-29-24(32)17-9-3-4-10-18(17)26/h3-5,7-10,13H,6,11-12H2,1-2H3,(H,28,31)(H,29,32)(H,30,33)/b27-19+. The number of benzene rings is 2. The van der Waals surface area contributed by atoms with Crippen molar-refractivity contribution >= 4 is 23.4 Å². The summed E-state index contributed by atoms with van der Waals surface area (Å²) < 4.78 is 19.5. The molecule has 2 aromatic carbocycles. The molecule has 0 bridgehead atoms. The first kappa shape index (κ1) is 22.9. The molecule has 9 heteroatoms. The first-order valence-corrected chi connectivity index (χ1v) is 10.8. The third-order valence-corrected chi connectivity index (χ3v) is 5.51. The Morgan fingerprint density at radius 3 is 2.47 bits per heavy atom. The Bertz CT molecular complexity index is 1310. The number of carbonyl (C=O) groups is 3.